The van der Waals surface area contributed by atoms with Gasteiger partial charge in [-0.25, -0.2) is 4.98 Å². The van der Waals surface area contributed by atoms with Gasteiger partial charge >= 0.3 is 0 Å². The van der Waals surface area contributed by atoms with Gasteiger partial charge in [0.25, 0.3) is 0 Å². The molecule has 1 aliphatic heterocycles. The van der Waals surface area contributed by atoms with E-state index in [4.69, 9.17) is 4.98 Å². The molecule has 5 nitrogen and oxygen atoms in total. The Morgan fingerprint density at radius 1 is 1.00 bits per heavy atom. The van der Waals surface area contributed by atoms with E-state index < -0.39 is 0 Å². The predicted octanol–water partition coefficient (Wildman–Crippen LogP) is 5.77. The summed E-state index contributed by atoms with van der Waals surface area (Å²) in [5.74, 6) is 5.62. The maximum Gasteiger partial charge on any atom is 0.126 e. The van der Waals surface area contributed by atoms with Crippen LogP contribution in [0.1, 0.15) is 64.5 Å². The van der Waals surface area contributed by atoms with E-state index in [1.165, 1.54) is 70.1 Å². The van der Waals surface area contributed by atoms with Gasteiger partial charge in [0.2, 0.25) is 0 Å². The maximum absolute atomic E-state index is 4.74. The number of anilines is 1. The first-order valence-electron chi connectivity index (χ1n) is 13.8. The van der Waals surface area contributed by atoms with Crippen LogP contribution in [0.4, 0.5) is 5.82 Å². The van der Waals surface area contributed by atoms with Gasteiger partial charge in [-0.15, -0.1) is 0 Å². The Bertz CT molecular complexity index is 977. The molecule has 0 radical (unpaired) electrons. The highest BCUT2D eigenvalue weighted by atomic mass is 15.2. The number of nitrogens with zero attached hydrogens (tertiary/aromatic N) is 4. The number of aryl methyl sites for hydroxylation is 2. The van der Waals surface area contributed by atoms with Gasteiger partial charge in [0.15, 0.2) is 0 Å². The number of fused-ring (bicyclic) bond motifs is 3. The molecular weight excluding hydrogens is 418 g/mol. The van der Waals surface area contributed by atoms with E-state index in [0.717, 1.165) is 46.7 Å². The average Bonchev–Trinajstić information content (AvgIpc) is 3.39. The fraction of sp³-hybridized carbons (Fsp3) is 0.724. The molecular formula is C29H43N5. The number of likely N-dealkylation sites (tertiary alicyclic amines) is 1. The van der Waals surface area contributed by atoms with Gasteiger partial charge in [-0.3, -0.25) is 4.68 Å². The summed E-state index contributed by atoms with van der Waals surface area (Å²) in [5, 5.41) is 8.22. The van der Waals surface area contributed by atoms with E-state index in [9.17, 15) is 0 Å². The summed E-state index contributed by atoms with van der Waals surface area (Å²) < 4.78 is 1.87. The molecule has 1 N–H and O–H groups in total. The standard InChI is InChI=1S/C29H43N5/c1-19-7-22-8-20(2)12-29(11-19,13-22)18-34-15-24-9-26(10-25(24)16-34)31-28-6-5-23(14-30-28)27-17-33(4)32-21(27)3/h5-6,14,17,19-20,22,24-26H,7-13,15-16,18H2,1-4H3,(H,30,31)/t19?,20?,22?,24-,25+,26?,29?. The Balaban J connectivity index is 1.04. The summed E-state index contributed by atoms with van der Waals surface area (Å²) in [5.41, 5.74) is 3.99. The summed E-state index contributed by atoms with van der Waals surface area (Å²) >= 11 is 0. The molecule has 6 rings (SSSR count). The van der Waals surface area contributed by atoms with Crippen LogP contribution >= 0.6 is 0 Å². The average molecular weight is 462 g/mol. The SMILES string of the molecule is Cc1nn(C)cc1-c1ccc(NC2C[C@@H]3CN(CC45CC(C)CC(CC(C)C4)C5)C[C@@H]3C2)nc1. The Morgan fingerprint density at radius 3 is 2.29 bits per heavy atom. The number of pyridine rings is 1. The highest BCUT2D eigenvalue weighted by molar-refractivity contribution is 5.65. The van der Waals surface area contributed by atoms with Crippen LogP contribution in [0.25, 0.3) is 11.1 Å². The van der Waals surface area contributed by atoms with Gasteiger partial charge in [0.1, 0.15) is 5.82 Å². The van der Waals surface area contributed by atoms with Gasteiger partial charge in [-0.2, -0.15) is 5.10 Å². The Hall–Kier alpha value is -1.88. The second-order valence-corrected chi connectivity index (χ2v) is 12.9. The van der Waals surface area contributed by atoms with Gasteiger partial charge in [-0.1, -0.05) is 13.8 Å². The lowest BCUT2D eigenvalue weighted by Crippen LogP contribution is -2.46. The van der Waals surface area contributed by atoms with E-state index in [2.05, 4.69) is 54.4 Å². The molecule has 2 bridgehead atoms. The Kier molecular flexibility index (Phi) is 5.75. The van der Waals surface area contributed by atoms with Crippen LogP contribution in [0.3, 0.4) is 0 Å². The molecule has 3 saturated carbocycles. The first kappa shape index (κ1) is 22.6. The van der Waals surface area contributed by atoms with E-state index >= 15 is 0 Å². The van der Waals surface area contributed by atoms with Crippen LogP contribution in [0, 0.1) is 41.9 Å². The number of nitrogens with one attached hydrogen (secondary N) is 1. The molecule has 3 heterocycles. The molecule has 2 aromatic rings. The molecule has 5 heteroatoms. The van der Waals surface area contributed by atoms with E-state index in [1.807, 2.05) is 17.9 Å². The van der Waals surface area contributed by atoms with Crippen molar-refractivity contribution in [3.8, 4) is 11.1 Å². The zero-order valence-electron chi connectivity index (χ0n) is 21.6. The van der Waals surface area contributed by atoms with E-state index in [-0.39, 0.29) is 0 Å². The van der Waals surface area contributed by atoms with Crippen LogP contribution in [-0.2, 0) is 7.05 Å². The first-order valence-corrected chi connectivity index (χ1v) is 13.8. The fourth-order valence-electron chi connectivity index (χ4n) is 8.95. The zero-order chi connectivity index (χ0) is 23.4. The summed E-state index contributed by atoms with van der Waals surface area (Å²) in [6.07, 6.45) is 14.1. The van der Waals surface area contributed by atoms with Crippen molar-refractivity contribution < 1.29 is 0 Å². The summed E-state index contributed by atoms with van der Waals surface area (Å²) in [6.45, 7) is 11.1. The van der Waals surface area contributed by atoms with Gasteiger partial charge in [0.05, 0.1) is 5.69 Å². The minimum absolute atomic E-state index is 0.572. The maximum atomic E-state index is 4.74. The van der Waals surface area contributed by atoms with Crippen LogP contribution in [0.15, 0.2) is 24.5 Å². The molecule has 184 valence electrons. The highest BCUT2D eigenvalue weighted by Gasteiger charge is 2.48. The first-order chi connectivity index (χ1) is 16.3. The molecule has 1 saturated heterocycles. The van der Waals surface area contributed by atoms with Crippen molar-refractivity contribution in [3.63, 3.8) is 0 Å². The third-order valence-corrected chi connectivity index (χ3v) is 9.58. The second kappa shape index (κ2) is 8.65. The highest BCUT2D eigenvalue weighted by Crippen LogP contribution is 2.54. The summed E-state index contributed by atoms with van der Waals surface area (Å²) in [4.78, 5) is 7.62. The molecule has 0 amide bonds. The lowest BCUT2D eigenvalue weighted by molar-refractivity contribution is -0.00647. The smallest absolute Gasteiger partial charge is 0.126 e. The third kappa shape index (κ3) is 4.41. The normalized spacial score (nSPS) is 37.6. The van der Waals surface area contributed by atoms with E-state index in [1.54, 1.807) is 0 Å². The van der Waals surface area contributed by atoms with Crippen molar-refractivity contribution in [2.45, 2.75) is 71.8 Å². The zero-order valence-corrected chi connectivity index (χ0v) is 21.6. The van der Waals surface area contributed by atoms with Crippen LogP contribution in [0.5, 0.6) is 0 Å². The van der Waals surface area contributed by atoms with Crippen molar-refractivity contribution in [3.05, 3.63) is 30.2 Å². The molecule has 4 fully saturated rings. The molecule has 4 aliphatic rings. The third-order valence-electron chi connectivity index (χ3n) is 9.58. The van der Waals surface area contributed by atoms with Crippen molar-refractivity contribution in [2.24, 2.45) is 42.1 Å². The monoisotopic (exact) mass is 461 g/mol. The lowest BCUT2D eigenvalue weighted by atomic mass is 9.56. The predicted molar refractivity (Wildman–Crippen MR) is 139 cm³/mol. The van der Waals surface area contributed by atoms with Gasteiger partial charge in [-0.05, 0) is 99.0 Å². The van der Waals surface area contributed by atoms with Gasteiger partial charge in [0, 0.05) is 56.2 Å². The van der Waals surface area contributed by atoms with Crippen molar-refractivity contribution in [1.29, 1.82) is 0 Å². The number of hydrogen-bond acceptors (Lipinski definition) is 4. The largest absolute Gasteiger partial charge is 0.367 e. The minimum Gasteiger partial charge on any atom is -0.367 e. The van der Waals surface area contributed by atoms with Gasteiger partial charge < -0.3 is 10.2 Å². The number of rotatable bonds is 5. The van der Waals surface area contributed by atoms with Crippen LogP contribution in [0.2, 0.25) is 0 Å². The summed E-state index contributed by atoms with van der Waals surface area (Å²) in [7, 11) is 1.97. The van der Waals surface area contributed by atoms with Crippen molar-refractivity contribution in [1.82, 2.24) is 19.7 Å². The molecule has 5 atom stereocenters. The summed E-state index contributed by atoms with van der Waals surface area (Å²) in [6, 6.07) is 4.90. The van der Waals surface area contributed by atoms with E-state index in [0.29, 0.717) is 11.5 Å². The van der Waals surface area contributed by atoms with Crippen molar-refractivity contribution >= 4 is 5.82 Å². The van der Waals surface area contributed by atoms with Crippen LogP contribution < -0.4 is 5.32 Å². The quantitative estimate of drug-likeness (QED) is 0.614. The molecule has 2 aromatic heterocycles. The Labute approximate surface area is 205 Å². The molecule has 0 aromatic carbocycles. The topological polar surface area (TPSA) is 46.0 Å². The lowest BCUT2D eigenvalue weighted by Gasteiger charge is -2.51. The van der Waals surface area contributed by atoms with Crippen LogP contribution in [-0.4, -0.2) is 45.3 Å². The fourth-order valence-corrected chi connectivity index (χ4v) is 8.95. The Morgan fingerprint density at radius 2 is 1.71 bits per heavy atom. The number of aromatic nitrogens is 3. The molecule has 0 spiro atoms. The minimum atomic E-state index is 0.572. The molecule has 3 aliphatic carbocycles. The molecule has 34 heavy (non-hydrogen) atoms. The van der Waals surface area contributed by atoms with Crippen molar-refractivity contribution in [2.75, 3.05) is 25.0 Å². The second-order valence-electron chi connectivity index (χ2n) is 12.9. The number of hydrogen-bond donors (Lipinski definition) is 1. The molecule has 3 unspecified atom stereocenters.